The monoisotopic (exact) mass is 400 g/mol. The lowest BCUT2D eigenvalue weighted by molar-refractivity contribution is -0.127. The second kappa shape index (κ2) is 6.10. The van der Waals surface area contributed by atoms with Crippen molar-refractivity contribution in [2.24, 2.45) is 0 Å². The third-order valence-electron chi connectivity index (χ3n) is 5.16. The molecule has 1 saturated heterocycles. The maximum Gasteiger partial charge on any atom is 0.245 e. The number of aromatic nitrogens is 1. The summed E-state index contributed by atoms with van der Waals surface area (Å²) in [6.45, 7) is 0.674. The number of carbonyl (C=O) groups excluding carboxylic acids is 1. The fraction of sp³-hybridized carbons (Fsp3) is 0.316. The summed E-state index contributed by atoms with van der Waals surface area (Å²) < 4.78 is 16.0. The summed E-state index contributed by atoms with van der Waals surface area (Å²) in [6, 6.07) is 9.52. The second-order valence-corrected chi connectivity index (χ2v) is 8.69. The summed E-state index contributed by atoms with van der Waals surface area (Å²) in [5.41, 5.74) is 2.01. The number of benzene rings is 1. The molecule has 1 aromatic carbocycles. The van der Waals surface area contributed by atoms with Crippen LogP contribution < -0.4 is 14.2 Å². The smallest absolute Gasteiger partial charge is 0.245 e. The first-order chi connectivity index (χ1) is 13.1. The Morgan fingerprint density at radius 1 is 1.33 bits per heavy atom. The Kier molecular flexibility index (Phi) is 3.80. The predicted octanol–water partition coefficient (Wildman–Crippen LogP) is 3.11. The lowest BCUT2D eigenvalue weighted by atomic mass is 10.1. The normalized spacial score (nSPS) is 25.4. The number of thiocarbonyl (C=S) groups is 1. The van der Waals surface area contributed by atoms with Gasteiger partial charge in [-0.1, -0.05) is 36.1 Å². The number of methoxy groups -OCH3 is 1. The minimum Gasteiger partial charge on any atom is -0.481 e. The van der Waals surface area contributed by atoms with E-state index in [9.17, 15) is 4.79 Å². The Morgan fingerprint density at radius 3 is 2.96 bits per heavy atom. The van der Waals surface area contributed by atoms with Crippen LogP contribution in [0.15, 0.2) is 36.5 Å². The molecule has 3 heterocycles. The molecule has 8 heteroatoms. The maximum absolute atomic E-state index is 13.2. The van der Waals surface area contributed by atoms with Gasteiger partial charge in [-0.15, -0.1) is 0 Å². The van der Waals surface area contributed by atoms with Gasteiger partial charge in [0.15, 0.2) is 11.5 Å². The Bertz CT molecular complexity index is 949. The number of carbonyl (C=O) groups is 1. The summed E-state index contributed by atoms with van der Waals surface area (Å²) in [6.07, 6.45) is 2.57. The quantitative estimate of drug-likeness (QED) is 0.731. The number of ether oxygens (including phenoxy) is 3. The highest BCUT2D eigenvalue weighted by molar-refractivity contribution is 8.25. The summed E-state index contributed by atoms with van der Waals surface area (Å²) in [5.74, 6) is 2.22. The van der Waals surface area contributed by atoms with Gasteiger partial charge >= 0.3 is 0 Å². The van der Waals surface area contributed by atoms with Gasteiger partial charge < -0.3 is 14.2 Å². The molecule has 2 aliphatic heterocycles. The van der Waals surface area contributed by atoms with Crippen LogP contribution >= 0.6 is 24.0 Å². The van der Waals surface area contributed by atoms with E-state index in [2.05, 4.69) is 4.98 Å². The minimum atomic E-state index is -0.482. The van der Waals surface area contributed by atoms with Crippen LogP contribution in [0.1, 0.15) is 23.5 Å². The molecule has 5 rings (SSSR count). The van der Waals surface area contributed by atoms with Crippen LogP contribution in [-0.4, -0.2) is 38.8 Å². The third kappa shape index (κ3) is 2.66. The molecular formula is C19H16N2O4S2. The molecule has 1 spiro atoms. The van der Waals surface area contributed by atoms with Gasteiger partial charge in [0.1, 0.15) is 9.07 Å². The van der Waals surface area contributed by atoms with Gasteiger partial charge in [-0.25, -0.2) is 4.98 Å². The number of amides is 1. The molecule has 1 aromatic heterocycles. The Morgan fingerprint density at radius 2 is 2.19 bits per heavy atom. The number of hydrogen-bond donors (Lipinski definition) is 0. The van der Waals surface area contributed by atoms with Crippen molar-refractivity contribution in [2.75, 3.05) is 13.9 Å². The van der Waals surface area contributed by atoms with Crippen molar-refractivity contribution in [3.05, 3.63) is 47.7 Å². The van der Waals surface area contributed by atoms with Gasteiger partial charge in [0.2, 0.25) is 18.6 Å². The van der Waals surface area contributed by atoms with Crippen LogP contribution in [0.25, 0.3) is 0 Å². The standard InChI is InChI=1S/C19H16N2O4S2/c1-23-16-5-3-12(8-20-16)13-7-19(13)17(22)21(18(26)27-19)9-11-2-4-14-15(6-11)25-10-24-14/h2-6,8,13H,7,9-10H2,1H3. The average molecular weight is 400 g/mol. The van der Waals surface area contributed by atoms with E-state index >= 15 is 0 Å². The number of pyridine rings is 1. The highest BCUT2D eigenvalue weighted by Crippen LogP contribution is 2.64. The van der Waals surface area contributed by atoms with Gasteiger partial charge in [-0.3, -0.25) is 9.69 Å². The van der Waals surface area contributed by atoms with Gasteiger partial charge in [0.05, 0.1) is 13.7 Å². The zero-order valence-corrected chi connectivity index (χ0v) is 16.1. The van der Waals surface area contributed by atoms with Crippen molar-refractivity contribution >= 4 is 34.2 Å². The molecule has 2 fully saturated rings. The number of fused-ring (bicyclic) bond motifs is 1. The largest absolute Gasteiger partial charge is 0.481 e. The Labute approximate surface area is 165 Å². The topological polar surface area (TPSA) is 60.9 Å². The number of thioether (sulfide) groups is 1. The molecule has 6 nitrogen and oxygen atoms in total. The van der Waals surface area contributed by atoms with Crippen molar-refractivity contribution in [1.29, 1.82) is 0 Å². The van der Waals surface area contributed by atoms with Crippen molar-refractivity contribution in [2.45, 2.75) is 23.6 Å². The van der Waals surface area contributed by atoms with Crippen LogP contribution in [0.2, 0.25) is 0 Å². The number of rotatable bonds is 4. The van der Waals surface area contributed by atoms with Crippen LogP contribution in [-0.2, 0) is 11.3 Å². The SMILES string of the molecule is COc1ccc(C2CC23SC(=S)N(Cc2ccc4c(c2)OCO4)C3=O)cn1. The van der Waals surface area contributed by atoms with Gasteiger partial charge in [-0.2, -0.15) is 0 Å². The molecule has 2 aromatic rings. The summed E-state index contributed by atoms with van der Waals surface area (Å²) in [4.78, 5) is 19.1. The molecule has 0 bridgehead atoms. The maximum atomic E-state index is 13.2. The Hall–Kier alpha value is -2.32. The fourth-order valence-corrected chi connectivity index (χ4v) is 5.51. The van der Waals surface area contributed by atoms with E-state index in [1.54, 1.807) is 18.2 Å². The molecule has 27 heavy (non-hydrogen) atoms. The van der Waals surface area contributed by atoms with E-state index in [-0.39, 0.29) is 18.6 Å². The van der Waals surface area contributed by atoms with Gasteiger partial charge in [0, 0.05) is 18.2 Å². The number of nitrogens with zero attached hydrogens (tertiary/aromatic N) is 2. The lowest BCUT2D eigenvalue weighted by Crippen LogP contribution is -2.32. The van der Waals surface area contributed by atoms with Gasteiger partial charge in [0.25, 0.3) is 0 Å². The van der Waals surface area contributed by atoms with E-state index in [1.165, 1.54) is 11.8 Å². The lowest BCUT2D eigenvalue weighted by Gasteiger charge is -2.16. The first-order valence-corrected chi connectivity index (χ1v) is 9.76. The molecule has 0 radical (unpaired) electrons. The molecule has 2 atom stereocenters. The molecule has 0 N–H and O–H groups in total. The van der Waals surface area contributed by atoms with Gasteiger partial charge in [-0.05, 0) is 29.7 Å². The third-order valence-corrected chi connectivity index (χ3v) is 7.01. The fourth-order valence-electron chi connectivity index (χ4n) is 3.62. The van der Waals surface area contributed by atoms with Crippen molar-refractivity contribution in [3.8, 4) is 17.4 Å². The Balaban J connectivity index is 1.35. The molecular weight excluding hydrogens is 384 g/mol. The van der Waals surface area contributed by atoms with Crippen LogP contribution in [0.3, 0.4) is 0 Å². The summed E-state index contributed by atoms with van der Waals surface area (Å²) in [5, 5.41) is 0. The molecule has 1 saturated carbocycles. The van der Waals surface area contributed by atoms with Crippen LogP contribution in [0.5, 0.6) is 17.4 Å². The second-order valence-electron chi connectivity index (χ2n) is 6.73. The minimum absolute atomic E-state index is 0.0796. The molecule has 1 amide bonds. The zero-order valence-electron chi connectivity index (χ0n) is 14.5. The van der Waals surface area contributed by atoms with Crippen molar-refractivity contribution in [3.63, 3.8) is 0 Å². The van der Waals surface area contributed by atoms with E-state index in [4.69, 9.17) is 26.4 Å². The molecule has 3 aliphatic rings. The summed E-state index contributed by atoms with van der Waals surface area (Å²) >= 11 is 7.02. The van der Waals surface area contributed by atoms with Crippen LogP contribution in [0, 0.1) is 0 Å². The highest BCUT2D eigenvalue weighted by Gasteiger charge is 2.67. The van der Waals surface area contributed by atoms with E-state index in [0.717, 1.165) is 23.3 Å². The summed E-state index contributed by atoms with van der Waals surface area (Å²) in [7, 11) is 1.59. The van der Waals surface area contributed by atoms with Crippen molar-refractivity contribution < 1.29 is 19.0 Å². The molecule has 138 valence electrons. The van der Waals surface area contributed by atoms with Crippen LogP contribution in [0.4, 0.5) is 0 Å². The predicted molar refractivity (Wildman–Crippen MR) is 104 cm³/mol. The average Bonchev–Trinajstić information content (AvgIpc) is 3.12. The van der Waals surface area contributed by atoms with E-state index in [0.29, 0.717) is 22.5 Å². The van der Waals surface area contributed by atoms with Crippen molar-refractivity contribution in [1.82, 2.24) is 9.88 Å². The highest BCUT2D eigenvalue weighted by atomic mass is 32.2. The molecule has 1 aliphatic carbocycles. The zero-order chi connectivity index (χ0) is 18.6. The number of hydrogen-bond acceptors (Lipinski definition) is 7. The molecule has 2 unspecified atom stereocenters. The van der Waals surface area contributed by atoms with E-state index in [1.807, 2.05) is 30.3 Å². The van der Waals surface area contributed by atoms with E-state index < -0.39 is 4.75 Å². The first-order valence-electron chi connectivity index (χ1n) is 8.54. The first kappa shape index (κ1) is 16.8.